The van der Waals surface area contributed by atoms with Gasteiger partial charge in [0.15, 0.2) is 0 Å². The van der Waals surface area contributed by atoms with Crippen molar-refractivity contribution in [2.75, 3.05) is 6.61 Å². The molecular weight excluding hydrogens is 174 g/mol. The van der Waals surface area contributed by atoms with E-state index in [9.17, 15) is 5.11 Å². The second kappa shape index (κ2) is 4.58. The molecule has 0 amide bonds. The Balaban J connectivity index is 2.95. The maximum absolute atomic E-state index is 9.24. The zero-order valence-electron chi connectivity index (χ0n) is 8.96. The van der Waals surface area contributed by atoms with E-state index in [4.69, 9.17) is 5.73 Å². The molecule has 1 atom stereocenters. The van der Waals surface area contributed by atoms with E-state index in [-0.39, 0.29) is 6.61 Å². The average molecular weight is 193 g/mol. The quantitative estimate of drug-likeness (QED) is 0.766. The van der Waals surface area contributed by atoms with E-state index in [2.05, 4.69) is 19.1 Å². The molecule has 0 aromatic heterocycles. The van der Waals surface area contributed by atoms with Gasteiger partial charge in [0.1, 0.15) is 0 Å². The van der Waals surface area contributed by atoms with Crippen LogP contribution in [-0.2, 0) is 12.0 Å². The average Bonchev–Trinajstić information content (AvgIpc) is 2.28. The molecule has 78 valence electrons. The fraction of sp³-hybridized carbons (Fsp3) is 0.500. The van der Waals surface area contributed by atoms with Gasteiger partial charge in [0.2, 0.25) is 0 Å². The summed E-state index contributed by atoms with van der Waals surface area (Å²) in [5.74, 6) is 0. The number of benzene rings is 1. The highest BCUT2D eigenvalue weighted by Gasteiger charge is 2.23. The second-order valence-corrected chi connectivity index (χ2v) is 3.72. The molecule has 14 heavy (non-hydrogen) atoms. The summed E-state index contributed by atoms with van der Waals surface area (Å²) in [5, 5.41) is 9.24. The topological polar surface area (TPSA) is 46.2 Å². The molecular formula is C12H19NO. The van der Waals surface area contributed by atoms with Crippen LogP contribution < -0.4 is 5.73 Å². The molecule has 0 aliphatic rings. The van der Waals surface area contributed by atoms with Crippen LogP contribution in [0.1, 0.15) is 31.4 Å². The predicted octanol–water partition coefficient (Wildman–Crippen LogP) is 1.81. The molecule has 1 unspecified atom stereocenters. The Kier molecular flexibility index (Phi) is 3.67. The molecule has 0 fully saturated rings. The fourth-order valence-corrected chi connectivity index (χ4v) is 1.48. The smallest absolute Gasteiger partial charge is 0.0653 e. The summed E-state index contributed by atoms with van der Waals surface area (Å²) in [7, 11) is 0. The first-order chi connectivity index (χ1) is 6.66. The number of hydrogen-bond donors (Lipinski definition) is 2. The summed E-state index contributed by atoms with van der Waals surface area (Å²) < 4.78 is 0. The monoisotopic (exact) mass is 193 g/mol. The number of aliphatic hydroxyl groups is 1. The van der Waals surface area contributed by atoms with Crippen molar-refractivity contribution in [3.05, 3.63) is 35.4 Å². The normalized spacial score (nSPS) is 15.1. The van der Waals surface area contributed by atoms with Crippen molar-refractivity contribution in [3.63, 3.8) is 0 Å². The minimum Gasteiger partial charge on any atom is -0.394 e. The summed E-state index contributed by atoms with van der Waals surface area (Å²) in [6, 6.07) is 8.17. The number of nitrogens with two attached hydrogens (primary N) is 1. The lowest BCUT2D eigenvalue weighted by molar-refractivity contribution is 0.192. The van der Waals surface area contributed by atoms with Gasteiger partial charge in [0, 0.05) is 0 Å². The molecule has 2 heteroatoms. The van der Waals surface area contributed by atoms with Crippen LogP contribution in [0.3, 0.4) is 0 Å². The van der Waals surface area contributed by atoms with Gasteiger partial charge < -0.3 is 10.8 Å². The van der Waals surface area contributed by atoms with E-state index in [0.717, 1.165) is 18.4 Å². The highest BCUT2D eigenvalue weighted by atomic mass is 16.3. The lowest BCUT2D eigenvalue weighted by Crippen LogP contribution is -2.39. The lowest BCUT2D eigenvalue weighted by Gasteiger charge is -2.26. The van der Waals surface area contributed by atoms with Crippen molar-refractivity contribution in [2.45, 2.75) is 32.2 Å². The Morgan fingerprint density at radius 2 is 1.79 bits per heavy atom. The number of aliphatic hydroxyl groups excluding tert-OH is 1. The number of hydrogen-bond acceptors (Lipinski definition) is 2. The van der Waals surface area contributed by atoms with E-state index in [1.807, 2.05) is 19.1 Å². The maximum Gasteiger partial charge on any atom is 0.0653 e. The summed E-state index contributed by atoms with van der Waals surface area (Å²) in [6.07, 6.45) is 1.78. The van der Waals surface area contributed by atoms with Gasteiger partial charge in [-0.25, -0.2) is 0 Å². The van der Waals surface area contributed by atoms with Crippen LogP contribution in [0.5, 0.6) is 0 Å². The molecule has 0 bridgehead atoms. The van der Waals surface area contributed by atoms with Gasteiger partial charge in [-0.15, -0.1) is 0 Å². The van der Waals surface area contributed by atoms with E-state index in [1.54, 1.807) is 0 Å². The molecule has 1 rings (SSSR count). The van der Waals surface area contributed by atoms with E-state index >= 15 is 0 Å². The lowest BCUT2D eigenvalue weighted by atomic mass is 9.88. The minimum atomic E-state index is -0.577. The van der Waals surface area contributed by atoms with E-state index in [1.165, 1.54) is 5.56 Å². The Labute approximate surface area is 85.8 Å². The summed E-state index contributed by atoms with van der Waals surface area (Å²) in [6.45, 7) is 4.11. The van der Waals surface area contributed by atoms with Crippen molar-refractivity contribution in [2.24, 2.45) is 5.73 Å². The predicted molar refractivity (Wildman–Crippen MR) is 59.1 cm³/mol. The van der Waals surface area contributed by atoms with Gasteiger partial charge in [-0.3, -0.25) is 0 Å². The molecule has 0 heterocycles. The summed E-state index contributed by atoms with van der Waals surface area (Å²) in [4.78, 5) is 0. The Hall–Kier alpha value is -0.860. The largest absolute Gasteiger partial charge is 0.394 e. The molecule has 0 aliphatic heterocycles. The third-order valence-corrected chi connectivity index (χ3v) is 2.85. The Bertz CT molecular complexity index is 275. The first-order valence-electron chi connectivity index (χ1n) is 5.15. The van der Waals surface area contributed by atoms with Gasteiger partial charge in [0.05, 0.1) is 12.1 Å². The molecule has 0 saturated carbocycles. The fourth-order valence-electron chi connectivity index (χ4n) is 1.48. The molecule has 0 aliphatic carbocycles. The molecule has 3 N–H and O–H groups in total. The van der Waals surface area contributed by atoms with Crippen LogP contribution >= 0.6 is 0 Å². The first kappa shape index (κ1) is 11.2. The zero-order valence-corrected chi connectivity index (χ0v) is 8.96. The van der Waals surface area contributed by atoms with Crippen molar-refractivity contribution in [3.8, 4) is 0 Å². The minimum absolute atomic E-state index is 0.00499. The van der Waals surface area contributed by atoms with Gasteiger partial charge in [-0.2, -0.15) is 0 Å². The maximum atomic E-state index is 9.24. The van der Waals surface area contributed by atoms with Gasteiger partial charge in [0.25, 0.3) is 0 Å². The van der Waals surface area contributed by atoms with Gasteiger partial charge in [-0.1, -0.05) is 38.1 Å². The van der Waals surface area contributed by atoms with Crippen LogP contribution in [0.25, 0.3) is 0 Å². The first-order valence-corrected chi connectivity index (χ1v) is 5.15. The zero-order chi connectivity index (χ0) is 10.6. The standard InChI is InChI=1S/C12H19NO/c1-3-10-5-7-11(8-6-10)12(13,4-2)9-14/h5-8,14H,3-4,9,13H2,1-2H3. The van der Waals surface area contributed by atoms with Crippen LogP contribution in [0, 0.1) is 0 Å². The van der Waals surface area contributed by atoms with Crippen LogP contribution in [0.4, 0.5) is 0 Å². The molecule has 2 nitrogen and oxygen atoms in total. The van der Waals surface area contributed by atoms with Crippen molar-refractivity contribution in [1.29, 1.82) is 0 Å². The highest BCUT2D eigenvalue weighted by molar-refractivity contribution is 5.28. The van der Waals surface area contributed by atoms with Crippen molar-refractivity contribution >= 4 is 0 Å². The van der Waals surface area contributed by atoms with E-state index < -0.39 is 5.54 Å². The molecule has 1 aromatic rings. The summed E-state index contributed by atoms with van der Waals surface area (Å²) >= 11 is 0. The van der Waals surface area contributed by atoms with Crippen molar-refractivity contribution in [1.82, 2.24) is 0 Å². The van der Waals surface area contributed by atoms with Crippen molar-refractivity contribution < 1.29 is 5.11 Å². The third-order valence-electron chi connectivity index (χ3n) is 2.85. The second-order valence-electron chi connectivity index (χ2n) is 3.72. The highest BCUT2D eigenvalue weighted by Crippen LogP contribution is 2.21. The summed E-state index contributed by atoms with van der Waals surface area (Å²) in [5.41, 5.74) is 7.79. The molecule has 0 spiro atoms. The SMILES string of the molecule is CCc1ccc(C(N)(CC)CO)cc1. The number of aryl methyl sites for hydroxylation is 1. The van der Waals surface area contributed by atoms with Gasteiger partial charge in [-0.05, 0) is 24.0 Å². The van der Waals surface area contributed by atoms with Gasteiger partial charge >= 0.3 is 0 Å². The van der Waals surface area contributed by atoms with Crippen LogP contribution in [0.2, 0.25) is 0 Å². The Morgan fingerprint density at radius 1 is 1.21 bits per heavy atom. The third kappa shape index (κ3) is 2.14. The van der Waals surface area contributed by atoms with Crippen LogP contribution in [0.15, 0.2) is 24.3 Å². The number of rotatable bonds is 4. The van der Waals surface area contributed by atoms with Crippen LogP contribution in [-0.4, -0.2) is 11.7 Å². The van der Waals surface area contributed by atoms with E-state index in [0.29, 0.717) is 0 Å². The molecule has 1 aromatic carbocycles. The molecule has 0 radical (unpaired) electrons. The molecule has 0 saturated heterocycles. The Morgan fingerprint density at radius 3 is 2.14 bits per heavy atom.